The van der Waals surface area contributed by atoms with Gasteiger partial charge in [0.2, 0.25) is 6.33 Å². The van der Waals surface area contributed by atoms with Crippen LogP contribution in [-0.2, 0) is 16.8 Å². The van der Waals surface area contributed by atoms with Crippen LogP contribution < -0.4 is 4.57 Å². The number of aromatic nitrogens is 2. The lowest BCUT2D eigenvalue weighted by Gasteiger charge is -2.33. The molecule has 0 saturated carbocycles. The molecule has 5 rings (SSSR count). The van der Waals surface area contributed by atoms with Crippen LogP contribution >= 0.6 is 0 Å². The van der Waals surface area contributed by atoms with Crippen LogP contribution in [0.1, 0.15) is 56.0 Å². The fraction of sp³-hybridized carbons (Fsp3) is 0.353. The molecule has 5 heteroatoms. The van der Waals surface area contributed by atoms with E-state index in [-0.39, 0.29) is 6.09 Å². The number of benzene rings is 3. The highest BCUT2D eigenvalue weighted by Crippen LogP contribution is 2.36. The lowest BCUT2D eigenvalue weighted by molar-refractivity contribution is -0.734. The second-order valence-electron chi connectivity index (χ2n) is 11.7. The van der Waals surface area contributed by atoms with E-state index in [0.717, 1.165) is 25.9 Å². The van der Waals surface area contributed by atoms with E-state index in [2.05, 4.69) is 120 Å². The van der Waals surface area contributed by atoms with Crippen molar-refractivity contribution in [3.05, 3.63) is 126 Å². The van der Waals surface area contributed by atoms with Gasteiger partial charge in [-0.3, -0.25) is 0 Å². The summed E-state index contributed by atoms with van der Waals surface area (Å²) < 4.78 is 10.4. The summed E-state index contributed by atoms with van der Waals surface area (Å²) in [6, 6.07) is 32.3. The highest BCUT2D eigenvalue weighted by molar-refractivity contribution is 5.68. The Labute approximate surface area is 232 Å². The van der Waals surface area contributed by atoms with Gasteiger partial charge in [-0.05, 0) is 33.6 Å². The van der Waals surface area contributed by atoms with Crippen molar-refractivity contribution in [1.82, 2.24) is 9.47 Å². The van der Waals surface area contributed by atoms with Crippen LogP contribution in [0.4, 0.5) is 4.79 Å². The quantitative estimate of drug-likeness (QED) is 0.212. The van der Waals surface area contributed by atoms with Crippen molar-refractivity contribution in [2.45, 2.75) is 58.2 Å². The summed E-state index contributed by atoms with van der Waals surface area (Å²) in [6.45, 7) is 10.3. The first-order valence-corrected chi connectivity index (χ1v) is 14.0. The lowest BCUT2D eigenvalue weighted by atomic mass is 9.77. The normalized spacial score (nSPS) is 16.2. The summed E-state index contributed by atoms with van der Waals surface area (Å²) >= 11 is 0. The lowest BCUT2D eigenvalue weighted by Crippen LogP contribution is -2.57. The number of carbonyl (C=O) groups excluding carboxylic acids is 1. The number of likely N-dealkylation sites (tertiary alicyclic amines) is 1. The highest BCUT2D eigenvalue weighted by Gasteiger charge is 2.43. The summed E-state index contributed by atoms with van der Waals surface area (Å²) in [5, 5.41) is 0. The minimum absolute atomic E-state index is 0.206. The van der Waals surface area contributed by atoms with E-state index in [1.807, 2.05) is 25.7 Å². The summed E-state index contributed by atoms with van der Waals surface area (Å²) in [5.41, 5.74) is 3.79. The van der Waals surface area contributed by atoms with Gasteiger partial charge in [0.1, 0.15) is 17.5 Å². The number of aryl methyl sites for hydroxylation is 1. The number of piperidine rings is 1. The average Bonchev–Trinajstić information content (AvgIpc) is 3.30. The van der Waals surface area contributed by atoms with Crippen LogP contribution in [-0.4, -0.2) is 34.3 Å². The Kier molecular flexibility index (Phi) is 7.60. The van der Waals surface area contributed by atoms with Crippen molar-refractivity contribution in [1.29, 1.82) is 0 Å². The molecule has 1 aromatic heterocycles. The smallest absolute Gasteiger partial charge is 0.410 e. The molecule has 0 unspecified atom stereocenters. The molecular formula is C34H40N3O2+. The third kappa shape index (κ3) is 5.63. The summed E-state index contributed by atoms with van der Waals surface area (Å²) in [6.07, 6.45) is 6.41. The van der Waals surface area contributed by atoms with Gasteiger partial charge in [-0.25, -0.2) is 13.9 Å². The first-order valence-electron chi connectivity index (χ1n) is 14.0. The predicted molar refractivity (Wildman–Crippen MR) is 155 cm³/mol. The van der Waals surface area contributed by atoms with E-state index in [9.17, 15) is 4.79 Å². The molecule has 1 saturated heterocycles. The van der Waals surface area contributed by atoms with Crippen molar-refractivity contribution in [3.63, 3.8) is 0 Å². The van der Waals surface area contributed by atoms with Crippen LogP contribution in [0, 0.1) is 12.8 Å². The van der Waals surface area contributed by atoms with E-state index in [1.54, 1.807) is 0 Å². The molecule has 5 nitrogen and oxygen atoms in total. The highest BCUT2D eigenvalue weighted by atomic mass is 16.6. The van der Waals surface area contributed by atoms with Crippen LogP contribution in [0.3, 0.4) is 0 Å². The molecule has 1 aliphatic heterocycles. The standard InChI is InChI=1S/C34H40N3O2/c1-27-23-37(26-36(27)25-28-15-14-22-35(24-28)32(38)39-33(2,3)4)34(29-16-8-5-9-17-29,30-18-10-6-11-19-30)31-20-12-7-13-21-31/h5-13,16-21,23,26,28H,14-15,22,24-25H2,1-4H3/q+1/t28-/m0/s1. The number of hydrogen-bond acceptors (Lipinski definition) is 2. The maximum Gasteiger partial charge on any atom is 0.410 e. The molecule has 1 fully saturated rings. The summed E-state index contributed by atoms with van der Waals surface area (Å²) in [7, 11) is 0. The predicted octanol–water partition coefficient (Wildman–Crippen LogP) is 6.57. The zero-order valence-electron chi connectivity index (χ0n) is 23.6. The summed E-state index contributed by atoms with van der Waals surface area (Å²) in [5.74, 6) is 0.366. The molecule has 1 atom stereocenters. The number of amides is 1. The zero-order valence-corrected chi connectivity index (χ0v) is 23.6. The fourth-order valence-corrected chi connectivity index (χ4v) is 5.89. The molecule has 0 bridgehead atoms. The topological polar surface area (TPSA) is 38.3 Å². The van der Waals surface area contributed by atoms with Gasteiger partial charge >= 0.3 is 6.09 Å². The average molecular weight is 523 g/mol. The van der Waals surface area contributed by atoms with Gasteiger partial charge in [-0.1, -0.05) is 91.0 Å². The number of ether oxygens (including phenoxy) is 1. The van der Waals surface area contributed by atoms with E-state index in [1.165, 1.54) is 22.4 Å². The molecule has 39 heavy (non-hydrogen) atoms. The van der Waals surface area contributed by atoms with Crippen molar-refractivity contribution in [2.75, 3.05) is 13.1 Å². The molecule has 0 spiro atoms. The molecule has 1 aliphatic rings. The van der Waals surface area contributed by atoms with Gasteiger partial charge in [0.05, 0.1) is 6.54 Å². The number of nitrogens with zero attached hydrogens (tertiary/aromatic N) is 3. The third-order valence-corrected chi connectivity index (χ3v) is 7.63. The number of imidazole rings is 1. The largest absolute Gasteiger partial charge is 0.444 e. The van der Waals surface area contributed by atoms with Gasteiger partial charge in [-0.2, -0.15) is 0 Å². The third-order valence-electron chi connectivity index (χ3n) is 7.63. The fourth-order valence-electron chi connectivity index (χ4n) is 5.89. The van der Waals surface area contributed by atoms with Gasteiger partial charge in [-0.15, -0.1) is 0 Å². The monoisotopic (exact) mass is 522 g/mol. The zero-order chi connectivity index (χ0) is 27.5. The second kappa shape index (κ2) is 11.1. The molecule has 1 amide bonds. The molecule has 202 valence electrons. The molecule has 0 N–H and O–H groups in total. The van der Waals surface area contributed by atoms with Gasteiger partial charge in [0.15, 0.2) is 5.54 Å². The molecule has 0 radical (unpaired) electrons. The Bertz CT molecular complexity index is 1280. The van der Waals surface area contributed by atoms with E-state index >= 15 is 0 Å². The molecule has 3 aromatic carbocycles. The number of rotatable bonds is 6. The van der Waals surface area contributed by atoms with E-state index in [0.29, 0.717) is 12.5 Å². The van der Waals surface area contributed by atoms with Crippen molar-refractivity contribution in [2.24, 2.45) is 5.92 Å². The summed E-state index contributed by atoms with van der Waals surface area (Å²) in [4.78, 5) is 14.7. The van der Waals surface area contributed by atoms with Gasteiger partial charge in [0.25, 0.3) is 0 Å². The van der Waals surface area contributed by atoms with Gasteiger partial charge < -0.3 is 9.64 Å². The first-order chi connectivity index (χ1) is 18.8. The first kappa shape index (κ1) is 26.7. The minimum atomic E-state index is -0.533. The maximum absolute atomic E-state index is 12.8. The Balaban J connectivity index is 1.53. The number of hydrogen-bond donors (Lipinski definition) is 0. The van der Waals surface area contributed by atoms with Crippen LogP contribution in [0.2, 0.25) is 0 Å². The second-order valence-corrected chi connectivity index (χ2v) is 11.7. The van der Waals surface area contributed by atoms with Crippen LogP contribution in [0.25, 0.3) is 0 Å². The minimum Gasteiger partial charge on any atom is -0.444 e. The molecule has 0 aliphatic carbocycles. The van der Waals surface area contributed by atoms with Crippen LogP contribution in [0.15, 0.2) is 104 Å². The van der Waals surface area contributed by atoms with E-state index < -0.39 is 11.1 Å². The van der Waals surface area contributed by atoms with Crippen LogP contribution in [0.5, 0.6) is 0 Å². The Morgan fingerprint density at radius 1 is 0.872 bits per heavy atom. The Morgan fingerprint density at radius 2 is 1.38 bits per heavy atom. The Hall–Kier alpha value is -3.86. The maximum atomic E-state index is 12.8. The van der Waals surface area contributed by atoms with Crippen molar-refractivity contribution in [3.8, 4) is 0 Å². The number of carbonyl (C=O) groups is 1. The van der Waals surface area contributed by atoms with Gasteiger partial charge in [0, 0.05) is 42.6 Å². The van der Waals surface area contributed by atoms with Crippen molar-refractivity contribution < 1.29 is 14.1 Å². The van der Waals surface area contributed by atoms with Crippen molar-refractivity contribution >= 4 is 6.09 Å². The molecule has 4 aromatic rings. The molecule has 2 heterocycles. The SMILES string of the molecule is Cc1c[n+](C(c2ccccc2)(c2ccccc2)c2ccccc2)cn1C[C@H]1CCCN(C(=O)OC(C)(C)C)C1. The Morgan fingerprint density at radius 3 is 1.87 bits per heavy atom. The molecular weight excluding hydrogens is 482 g/mol. The van der Waals surface area contributed by atoms with E-state index in [4.69, 9.17) is 4.74 Å².